The zero-order valence-electron chi connectivity index (χ0n) is 20.4. The number of nitrogens with two attached hydrogens (primary N) is 1. The number of piperidine rings is 2. The molecular weight excluding hydrogens is 479 g/mol. The number of anilines is 1. The molecule has 1 atom stereocenters. The average molecular weight is 509 g/mol. The Kier molecular flexibility index (Phi) is 6.82. The molecule has 3 heterocycles. The Hall–Kier alpha value is -3.95. The van der Waals surface area contributed by atoms with Crippen LogP contribution in [0.2, 0.25) is 0 Å². The molecule has 5 rings (SSSR count). The van der Waals surface area contributed by atoms with Crippen LogP contribution in [-0.4, -0.2) is 54.3 Å². The van der Waals surface area contributed by atoms with Crippen LogP contribution in [0.25, 0.3) is 0 Å². The highest BCUT2D eigenvalue weighted by atomic mass is 19.1. The number of rotatable bonds is 7. The maximum atomic E-state index is 14.1. The van der Waals surface area contributed by atoms with Crippen LogP contribution in [-0.2, 0) is 16.1 Å². The van der Waals surface area contributed by atoms with E-state index in [2.05, 4.69) is 10.2 Å². The predicted octanol–water partition coefficient (Wildman–Crippen LogP) is 2.37. The van der Waals surface area contributed by atoms with Gasteiger partial charge in [0.2, 0.25) is 17.7 Å². The summed E-state index contributed by atoms with van der Waals surface area (Å²) in [4.78, 5) is 52.0. The van der Waals surface area contributed by atoms with Gasteiger partial charge in [0, 0.05) is 48.4 Å². The fourth-order valence-corrected chi connectivity index (χ4v) is 5.43. The van der Waals surface area contributed by atoms with Gasteiger partial charge in [-0.1, -0.05) is 6.07 Å². The largest absolute Gasteiger partial charge is 0.491 e. The molecule has 3 N–H and O–H groups in total. The van der Waals surface area contributed by atoms with E-state index in [0.29, 0.717) is 31.1 Å². The molecule has 9 nitrogen and oxygen atoms in total. The van der Waals surface area contributed by atoms with Gasteiger partial charge in [0.05, 0.1) is 6.61 Å². The maximum absolute atomic E-state index is 14.1. The van der Waals surface area contributed by atoms with Crippen molar-refractivity contribution in [1.82, 2.24) is 10.2 Å². The molecule has 0 spiro atoms. The number of nitrogens with one attached hydrogen (secondary N) is 1. The third kappa shape index (κ3) is 5.00. The highest BCUT2D eigenvalue weighted by molar-refractivity contribution is 6.06. The van der Waals surface area contributed by atoms with Crippen molar-refractivity contribution in [3.05, 3.63) is 58.9 Å². The normalized spacial score (nSPS) is 20.1. The van der Waals surface area contributed by atoms with Gasteiger partial charge in [0.15, 0.2) is 11.6 Å². The first kappa shape index (κ1) is 24.7. The monoisotopic (exact) mass is 508 g/mol. The SMILES string of the molecule is NC(=O)c1ccc(OCCC2CCN(c3cccc4c3CN(C3CCC(=O)NC3=O)C4=O)CC2)c(F)c1. The number of benzene rings is 2. The summed E-state index contributed by atoms with van der Waals surface area (Å²) >= 11 is 0. The third-order valence-electron chi connectivity index (χ3n) is 7.51. The quantitative estimate of drug-likeness (QED) is 0.554. The molecular formula is C27H29FN4O5. The van der Waals surface area contributed by atoms with Crippen molar-refractivity contribution in [2.45, 2.75) is 44.7 Å². The lowest BCUT2D eigenvalue weighted by atomic mass is 9.93. The van der Waals surface area contributed by atoms with Crippen LogP contribution >= 0.6 is 0 Å². The van der Waals surface area contributed by atoms with E-state index in [1.165, 1.54) is 12.1 Å². The van der Waals surface area contributed by atoms with E-state index in [-0.39, 0.29) is 29.5 Å². The predicted molar refractivity (Wildman–Crippen MR) is 132 cm³/mol. The molecule has 0 bridgehead atoms. The average Bonchev–Trinajstić information content (AvgIpc) is 3.21. The minimum atomic E-state index is -0.686. The minimum absolute atomic E-state index is 0.103. The Morgan fingerprint density at radius 3 is 2.59 bits per heavy atom. The molecule has 0 saturated carbocycles. The molecule has 0 aliphatic carbocycles. The van der Waals surface area contributed by atoms with Crippen LogP contribution in [0.3, 0.4) is 0 Å². The van der Waals surface area contributed by atoms with Gasteiger partial charge in [-0.25, -0.2) is 4.39 Å². The first-order valence-electron chi connectivity index (χ1n) is 12.6. The first-order valence-corrected chi connectivity index (χ1v) is 12.6. The Balaban J connectivity index is 1.17. The van der Waals surface area contributed by atoms with Crippen molar-refractivity contribution in [3.63, 3.8) is 0 Å². The summed E-state index contributed by atoms with van der Waals surface area (Å²) < 4.78 is 19.7. The van der Waals surface area contributed by atoms with Gasteiger partial charge in [0.25, 0.3) is 5.91 Å². The maximum Gasteiger partial charge on any atom is 0.255 e. The van der Waals surface area contributed by atoms with Crippen molar-refractivity contribution in [2.24, 2.45) is 11.7 Å². The van der Waals surface area contributed by atoms with Gasteiger partial charge in [-0.3, -0.25) is 24.5 Å². The lowest BCUT2D eigenvalue weighted by molar-refractivity contribution is -0.136. The topological polar surface area (TPSA) is 122 Å². The Bertz CT molecular complexity index is 1260. The molecule has 194 valence electrons. The van der Waals surface area contributed by atoms with Gasteiger partial charge in [-0.2, -0.15) is 0 Å². The summed E-state index contributed by atoms with van der Waals surface area (Å²) in [5.41, 5.74) is 7.82. The summed E-state index contributed by atoms with van der Waals surface area (Å²) in [6.07, 6.45) is 3.21. The Labute approximate surface area is 213 Å². The number of carbonyl (C=O) groups is 4. The Morgan fingerprint density at radius 1 is 1.11 bits per heavy atom. The van der Waals surface area contributed by atoms with Crippen molar-refractivity contribution >= 4 is 29.3 Å². The number of carbonyl (C=O) groups excluding carboxylic acids is 4. The van der Waals surface area contributed by atoms with E-state index in [1.807, 2.05) is 12.1 Å². The van der Waals surface area contributed by atoms with Gasteiger partial charge in [-0.15, -0.1) is 0 Å². The van der Waals surface area contributed by atoms with Crippen LogP contribution in [0.1, 0.15) is 58.4 Å². The van der Waals surface area contributed by atoms with Crippen LogP contribution < -0.4 is 20.7 Å². The van der Waals surface area contributed by atoms with Gasteiger partial charge in [0.1, 0.15) is 6.04 Å². The molecule has 2 saturated heterocycles. The fourth-order valence-electron chi connectivity index (χ4n) is 5.43. The summed E-state index contributed by atoms with van der Waals surface area (Å²) in [5, 5.41) is 2.34. The van der Waals surface area contributed by atoms with E-state index in [4.69, 9.17) is 10.5 Å². The Morgan fingerprint density at radius 2 is 1.89 bits per heavy atom. The zero-order chi connectivity index (χ0) is 26.1. The second-order valence-corrected chi connectivity index (χ2v) is 9.78. The van der Waals surface area contributed by atoms with E-state index in [0.717, 1.165) is 49.7 Å². The number of nitrogens with zero attached hydrogens (tertiary/aromatic N) is 2. The molecule has 0 radical (unpaired) electrons. The van der Waals surface area contributed by atoms with Crippen molar-refractivity contribution in [2.75, 3.05) is 24.6 Å². The molecule has 1 unspecified atom stereocenters. The summed E-state index contributed by atoms with van der Waals surface area (Å²) in [7, 11) is 0. The minimum Gasteiger partial charge on any atom is -0.491 e. The van der Waals surface area contributed by atoms with Crippen LogP contribution in [0.5, 0.6) is 5.75 Å². The second kappa shape index (κ2) is 10.2. The smallest absolute Gasteiger partial charge is 0.255 e. The molecule has 3 aliphatic rings. The second-order valence-electron chi connectivity index (χ2n) is 9.78. The molecule has 2 aromatic rings. The molecule has 4 amide bonds. The van der Waals surface area contributed by atoms with Crippen molar-refractivity contribution in [1.29, 1.82) is 0 Å². The van der Waals surface area contributed by atoms with Crippen LogP contribution in [0.15, 0.2) is 36.4 Å². The number of hydrogen-bond donors (Lipinski definition) is 2. The molecule has 2 aromatic carbocycles. The molecule has 10 heteroatoms. The number of fused-ring (bicyclic) bond motifs is 1. The highest BCUT2D eigenvalue weighted by Gasteiger charge is 2.40. The number of imide groups is 1. The summed E-state index contributed by atoms with van der Waals surface area (Å²) in [6, 6.07) is 9.01. The van der Waals surface area contributed by atoms with Gasteiger partial charge < -0.3 is 20.3 Å². The fraction of sp³-hybridized carbons (Fsp3) is 0.407. The summed E-state index contributed by atoms with van der Waals surface area (Å²) in [5.74, 6) is -1.65. The molecule has 37 heavy (non-hydrogen) atoms. The van der Waals surface area contributed by atoms with E-state index in [9.17, 15) is 23.6 Å². The van der Waals surface area contributed by atoms with E-state index < -0.39 is 23.7 Å². The number of halogens is 1. The number of amides is 4. The lowest BCUT2D eigenvalue weighted by Crippen LogP contribution is -2.52. The number of hydrogen-bond acceptors (Lipinski definition) is 6. The van der Waals surface area contributed by atoms with Crippen LogP contribution in [0, 0.1) is 11.7 Å². The summed E-state index contributed by atoms with van der Waals surface area (Å²) in [6.45, 7) is 2.35. The zero-order valence-corrected chi connectivity index (χ0v) is 20.4. The number of primary amides is 1. The number of ether oxygens (including phenoxy) is 1. The highest BCUT2D eigenvalue weighted by Crippen LogP contribution is 2.36. The van der Waals surface area contributed by atoms with Crippen LogP contribution in [0.4, 0.5) is 10.1 Å². The van der Waals surface area contributed by atoms with E-state index >= 15 is 0 Å². The molecule has 0 aromatic heterocycles. The van der Waals surface area contributed by atoms with E-state index in [1.54, 1.807) is 11.0 Å². The standard InChI is InChI=1S/C27H29FN4O5/c28-20-14-17(25(29)34)4-6-23(20)37-13-10-16-8-11-31(12-9-16)21-3-1-2-18-19(21)15-32(27(18)36)22-5-7-24(33)30-26(22)35/h1-4,6,14,16,22H,5,7-13,15H2,(H2,29,34)(H,30,33,35). The lowest BCUT2D eigenvalue weighted by Gasteiger charge is -2.35. The van der Waals surface area contributed by atoms with Gasteiger partial charge in [-0.05, 0) is 61.9 Å². The van der Waals surface area contributed by atoms with Gasteiger partial charge >= 0.3 is 0 Å². The third-order valence-corrected chi connectivity index (χ3v) is 7.51. The molecule has 3 aliphatic heterocycles. The first-order chi connectivity index (χ1) is 17.8. The molecule has 2 fully saturated rings. The van der Waals surface area contributed by atoms with Crippen molar-refractivity contribution < 1.29 is 28.3 Å². The van der Waals surface area contributed by atoms with Crippen molar-refractivity contribution in [3.8, 4) is 5.75 Å².